The molecule has 0 radical (unpaired) electrons. The van der Waals surface area contributed by atoms with Gasteiger partial charge in [0.2, 0.25) is 0 Å². The van der Waals surface area contributed by atoms with Crippen LogP contribution in [-0.4, -0.2) is 29.3 Å². The molecule has 2 aromatic rings. The molecular formula is C15H13F2NO3. The number of nitrogens with zero attached hydrogens (tertiary/aromatic N) is 1. The molecule has 21 heavy (non-hydrogen) atoms. The summed E-state index contributed by atoms with van der Waals surface area (Å²) in [5.74, 6) is -7.75. The van der Waals surface area contributed by atoms with Crippen LogP contribution in [0.4, 0.5) is 8.78 Å². The molecule has 0 saturated carbocycles. The molecule has 0 aliphatic heterocycles. The maximum absolute atomic E-state index is 13.8. The van der Waals surface area contributed by atoms with E-state index < -0.39 is 23.4 Å². The van der Waals surface area contributed by atoms with Crippen molar-refractivity contribution in [3.8, 4) is 0 Å². The van der Waals surface area contributed by atoms with Gasteiger partial charge in [-0.15, -0.1) is 0 Å². The largest absolute Gasteiger partial charge is 0.461 e. The second-order valence-electron chi connectivity index (χ2n) is 4.47. The van der Waals surface area contributed by atoms with Gasteiger partial charge in [-0.1, -0.05) is 18.2 Å². The molecule has 0 bridgehead atoms. The van der Waals surface area contributed by atoms with Crippen molar-refractivity contribution in [2.75, 3.05) is 6.61 Å². The number of pyridine rings is 1. The molecule has 0 aliphatic carbocycles. The third-order valence-electron chi connectivity index (χ3n) is 2.97. The van der Waals surface area contributed by atoms with E-state index in [1.807, 2.05) is 0 Å². The van der Waals surface area contributed by atoms with Gasteiger partial charge in [0.15, 0.2) is 0 Å². The van der Waals surface area contributed by atoms with E-state index in [0.717, 1.165) is 5.39 Å². The molecule has 0 N–H and O–H groups in total. The average molecular weight is 293 g/mol. The Bertz CT molecular complexity index is 713. The van der Waals surface area contributed by atoms with Gasteiger partial charge < -0.3 is 4.74 Å². The lowest BCUT2D eigenvalue weighted by atomic mass is 10.1. The van der Waals surface area contributed by atoms with E-state index in [-0.39, 0.29) is 6.61 Å². The highest BCUT2D eigenvalue weighted by Crippen LogP contribution is 2.24. The molecule has 0 unspecified atom stereocenters. The zero-order valence-electron chi connectivity index (χ0n) is 11.5. The van der Waals surface area contributed by atoms with Crippen LogP contribution in [-0.2, 0) is 9.53 Å². The van der Waals surface area contributed by atoms with Crippen LogP contribution >= 0.6 is 0 Å². The number of hydrogen-bond acceptors (Lipinski definition) is 4. The van der Waals surface area contributed by atoms with Crippen molar-refractivity contribution in [3.05, 3.63) is 41.6 Å². The molecule has 1 aromatic heterocycles. The van der Waals surface area contributed by atoms with Crippen LogP contribution in [0.25, 0.3) is 10.9 Å². The number of esters is 1. The van der Waals surface area contributed by atoms with Gasteiger partial charge in [0.05, 0.1) is 12.1 Å². The molecule has 4 nitrogen and oxygen atoms in total. The summed E-state index contributed by atoms with van der Waals surface area (Å²) in [6, 6.07) is 8.10. The molecule has 0 aliphatic rings. The van der Waals surface area contributed by atoms with Crippen molar-refractivity contribution in [2.45, 2.75) is 19.8 Å². The molecule has 2 rings (SSSR count). The third-order valence-corrected chi connectivity index (χ3v) is 2.97. The monoisotopic (exact) mass is 293 g/mol. The summed E-state index contributed by atoms with van der Waals surface area (Å²) in [5, 5.41) is 0.758. The number of halogens is 2. The molecule has 0 amide bonds. The number of ketones is 1. The second kappa shape index (κ2) is 5.55. The summed E-state index contributed by atoms with van der Waals surface area (Å²) in [6.07, 6.45) is 0. The Morgan fingerprint density at radius 1 is 1.29 bits per heavy atom. The zero-order chi connectivity index (χ0) is 15.6. The number of carbonyl (C=O) groups is 2. The van der Waals surface area contributed by atoms with Gasteiger partial charge in [0, 0.05) is 5.39 Å². The minimum absolute atomic E-state index is 0.230. The van der Waals surface area contributed by atoms with Crippen molar-refractivity contribution >= 4 is 22.7 Å². The van der Waals surface area contributed by atoms with Crippen LogP contribution in [0.3, 0.4) is 0 Å². The van der Waals surface area contributed by atoms with Gasteiger partial charge in [-0.05, 0) is 31.5 Å². The van der Waals surface area contributed by atoms with Crippen LogP contribution in [0.5, 0.6) is 0 Å². The first kappa shape index (κ1) is 15.0. The maximum atomic E-state index is 13.8. The predicted molar refractivity (Wildman–Crippen MR) is 72.4 cm³/mol. The van der Waals surface area contributed by atoms with E-state index in [1.54, 1.807) is 31.2 Å². The number of aromatic nitrogens is 1. The fourth-order valence-electron chi connectivity index (χ4n) is 1.94. The number of para-hydroxylation sites is 1. The lowest BCUT2D eigenvalue weighted by Gasteiger charge is -2.13. The Balaban J connectivity index is 2.46. The fourth-order valence-corrected chi connectivity index (χ4v) is 1.94. The van der Waals surface area contributed by atoms with E-state index >= 15 is 0 Å². The van der Waals surface area contributed by atoms with Crippen LogP contribution in [0.2, 0.25) is 0 Å². The van der Waals surface area contributed by atoms with Gasteiger partial charge in [-0.3, -0.25) is 4.79 Å². The van der Waals surface area contributed by atoms with Gasteiger partial charge in [-0.25, -0.2) is 9.78 Å². The molecule has 0 spiro atoms. The second-order valence-corrected chi connectivity index (χ2v) is 4.47. The molecule has 1 aromatic carbocycles. The van der Waals surface area contributed by atoms with Crippen LogP contribution in [0.1, 0.15) is 23.0 Å². The molecule has 0 fully saturated rings. The number of hydrogen-bond donors (Lipinski definition) is 0. The van der Waals surface area contributed by atoms with E-state index in [9.17, 15) is 18.4 Å². The van der Waals surface area contributed by atoms with Crippen molar-refractivity contribution in [1.82, 2.24) is 4.98 Å². The van der Waals surface area contributed by atoms with Crippen molar-refractivity contribution < 1.29 is 23.1 Å². The van der Waals surface area contributed by atoms with Gasteiger partial charge in [-0.2, -0.15) is 8.78 Å². The maximum Gasteiger partial charge on any atom is 0.405 e. The highest BCUT2D eigenvalue weighted by molar-refractivity contribution is 6.13. The first-order chi connectivity index (χ1) is 9.87. The molecular weight excluding hydrogens is 280 g/mol. The molecule has 1 heterocycles. The minimum Gasteiger partial charge on any atom is -0.461 e. The van der Waals surface area contributed by atoms with Gasteiger partial charge in [0.1, 0.15) is 5.69 Å². The van der Waals surface area contributed by atoms with Crippen LogP contribution < -0.4 is 0 Å². The third kappa shape index (κ3) is 2.74. The highest BCUT2D eigenvalue weighted by atomic mass is 19.3. The Labute approximate surface area is 119 Å². The number of carbonyl (C=O) groups excluding carboxylic acids is 2. The molecule has 110 valence electrons. The van der Waals surface area contributed by atoms with Crippen molar-refractivity contribution in [1.29, 1.82) is 0 Å². The molecule has 6 heteroatoms. The minimum atomic E-state index is -4.24. The van der Waals surface area contributed by atoms with Gasteiger partial charge in [0.25, 0.3) is 5.78 Å². The normalized spacial score (nSPS) is 11.4. The van der Waals surface area contributed by atoms with Gasteiger partial charge >= 0.3 is 11.9 Å². The average Bonchev–Trinajstić information content (AvgIpc) is 2.46. The quantitative estimate of drug-likeness (QED) is 0.494. The van der Waals surface area contributed by atoms with Crippen LogP contribution in [0.15, 0.2) is 30.3 Å². The van der Waals surface area contributed by atoms with Crippen molar-refractivity contribution in [3.63, 3.8) is 0 Å². The van der Waals surface area contributed by atoms with E-state index in [4.69, 9.17) is 0 Å². The lowest BCUT2D eigenvalue weighted by Crippen LogP contribution is -2.39. The van der Waals surface area contributed by atoms with E-state index in [2.05, 4.69) is 9.72 Å². The van der Waals surface area contributed by atoms with Crippen molar-refractivity contribution in [2.24, 2.45) is 0 Å². The number of fused-ring (bicyclic) bond motifs is 1. The number of benzene rings is 1. The Morgan fingerprint density at radius 3 is 2.62 bits per heavy atom. The zero-order valence-corrected chi connectivity index (χ0v) is 11.5. The summed E-state index contributed by atoms with van der Waals surface area (Å²) in [4.78, 5) is 27.0. The number of rotatable bonds is 4. The highest BCUT2D eigenvalue weighted by Gasteiger charge is 2.50. The summed E-state index contributed by atoms with van der Waals surface area (Å²) >= 11 is 0. The Hall–Kier alpha value is -2.37. The number of Topliss-reactive ketones (excluding diaryl/α,β-unsaturated/α-hetero) is 1. The molecule has 0 saturated heterocycles. The number of aryl methyl sites for hydroxylation is 1. The SMILES string of the molecule is CCOC(=O)C(F)(F)C(=O)c1cc(C)c2ccccc2n1. The standard InChI is InChI=1S/C15H13F2NO3/c1-3-21-14(20)15(16,17)13(19)12-8-9(2)10-6-4-5-7-11(10)18-12/h4-8H,3H2,1-2H3. The van der Waals surface area contributed by atoms with E-state index in [0.29, 0.717) is 11.1 Å². The first-order valence-corrected chi connectivity index (χ1v) is 6.34. The molecule has 0 atom stereocenters. The number of alkyl halides is 2. The van der Waals surface area contributed by atoms with Crippen LogP contribution in [0, 0.1) is 6.92 Å². The lowest BCUT2D eigenvalue weighted by molar-refractivity contribution is -0.164. The first-order valence-electron chi connectivity index (χ1n) is 6.34. The topological polar surface area (TPSA) is 56.3 Å². The Morgan fingerprint density at radius 2 is 1.95 bits per heavy atom. The summed E-state index contributed by atoms with van der Waals surface area (Å²) in [5.41, 5.74) is 0.591. The van der Waals surface area contributed by atoms with E-state index in [1.165, 1.54) is 13.0 Å². The Kier molecular flexibility index (Phi) is 3.97. The summed E-state index contributed by atoms with van der Waals surface area (Å²) in [6.45, 7) is 2.84. The predicted octanol–water partition coefficient (Wildman–Crippen LogP) is 2.92. The fraction of sp³-hybridized carbons (Fsp3) is 0.267. The number of ether oxygens (including phenoxy) is 1. The summed E-state index contributed by atoms with van der Waals surface area (Å²) in [7, 11) is 0. The smallest absolute Gasteiger partial charge is 0.405 e. The summed E-state index contributed by atoms with van der Waals surface area (Å²) < 4.78 is 31.7.